The maximum atomic E-state index is 13.9. The van der Waals surface area contributed by atoms with Gasteiger partial charge in [0.15, 0.2) is 11.6 Å². The van der Waals surface area contributed by atoms with Gasteiger partial charge in [-0.15, -0.1) is 11.3 Å². The Morgan fingerprint density at radius 1 is 1.40 bits per heavy atom. The van der Waals surface area contributed by atoms with Gasteiger partial charge in [-0.2, -0.15) is 0 Å². The highest BCUT2D eigenvalue weighted by molar-refractivity contribution is 7.89. The van der Waals surface area contributed by atoms with E-state index in [0.717, 1.165) is 23.8 Å². The molecule has 0 bridgehead atoms. The topological polar surface area (TPSA) is 75.6 Å². The molecule has 1 fully saturated rings. The lowest BCUT2D eigenvalue weighted by molar-refractivity contribution is 0.0222. The third-order valence-electron chi connectivity index (χ3n) is 4.25. The van der Waals surface area contributed by atoms with Crippen molar-refractivity contribution in [3.8, 4) is 5.75 Å². The number of hydrogen-bond donors (Lipinski definition) is 2. The number of benzene rings is 1. The molecule has 0 unspecified atom stereocenters. The molecule has 3 rings (SSSR count). The van der Waals surface area contributed by atoms with Gasteiger partial charge in [0.1, 0.15) is 5.60 Å². The number of ether oxygens (including phenoxy) is 1. The van der Waals surface area contributed by atoms with Crippen LogP contribution in [0.2, 0.25) is 0 Å². The van der Waals surface area contributed by atoms with E-state index in [1.165, 1.54) is 23.5 Å². The number of thiophene rings is 1. The number of sulfonamides is 1. The molecule has 25 heavy (non-hydrogen) atoms. The first-order chi connectivity index (χ1) is 11.9. The number of hydrogen-bond acceptors (Lipinski definition) is 5. The Balaban J connectivity index is 1.78. The van der Waals surface area contributed by atoms with Crippen LogP contribution in [0.1, 0.15) is 24.6 Å². The summed E-state index contributed by atoms with van der Waals surface area (Å²) in [5, 5.41) is 12.8. The Labute approximate surface area is 150 Å². The monoisotopic (exact) mass is 385 g/mol. The van der Waals surface area contributed by atoms with Crippen LogP contribution in [0.4, 0.5) is 4.39 Å². The predicted octanol–water partition coefficient (Wildman–Crippen LogP) is 2.86. The molecule has 1 aromatic heterocycles. The van der Waals surface area contributed by atoms with E-state index in [9.17, 15) is 17.9 Å². The highest BCUT2D eigenvalue weighted by atomic mass is 32.2. The second-order valence-corrected chi connectivity index (χ2v) is 8.74. The number of halogens is 1. The summed E-state index contributed by atoms with van der Waals surface area (Å²) in [7, 11) is -3.95. The summed E-state index contributed by atoms with van der Waals surface area (Å²) in [5.41, 5.74) is -1.23. The fourth-order valence-electron chi connectivity index (χ4n) is 2.73. The molecule has 136 valence electrons. The van der Waals surface area contributed by atoms with Crippen molar-refractivity contribution >= 4 is 21.4 Å². The zero-order valence-electron chi connectivity index (χ0n) is 13.7. The number of nitrogens with one attached hydrogen (secondary N) is 1. The molecule has 0 radical (unpaired) electrons. The summed E-state index contributed by atoms with van der Waals surface area (Å²) >= 11 is 1.39. The molecule has 1 aromatic carbocycles. The number of aliphatic hydroxyl groups is 1. The highest BCUT2D eigenvalue weighted by Crippen LogP contribution is 2.46. The summed E-state index contributed by atoms with van der Waals surface area (Å²) in [6, 6.07) is 7.13. The second kappa shape index (κ2) is 7.03. The average Bonchev–Trinajstić information content (AvgIpc) is 3.29. The zero-order chi connectivity index (χ0) is 18.1. The molecule has 0 saturated heterocycles. The molecule has 2 N–H and O–H groups in total. The summed E-state index contributed by atoms with van der Waals surface area (Å²) in [5.74, 6) is -0.694. The zero-order valence-corrected chi connectivity index (χ0v) is 15.4. The average molecular weight is 385 g/mol. The van der Waals surface area contributed by atoms with Gasteiger partial charge < -0.3 is 9.84 Å². The van der Waals surface area contributed by atoms with E-state index in [1.807, 2.05) is 11.4 Å². The van der Waals surface area contributed by atoms with E-state index < -0.39 is 21.4 Å². The molecular weight excluding hydrogens is 365 g/mol. The Morgan fingerprint density at radius 3 is 2.72 bits per heavy atom. The minimum atomic E-state index is -3.95. The third-order valence-corrected chi connectivity index (χ3v) is 6.68. The maximum absolute atomic E-state index is 13.9. The van der Waals surface area contributed by atoms with Gasteiger partial charge in [-0.1, -0.05) is 6.07 Å². The van der Waals surface area contributed by atoms with Gasteiger partial charge in [0, 0.05) is 11.4 Å². The lowest BCUT2D eigenvalue weighted by Crippen LogP contribution is -2.41. The second-order valence-electron chi connectivity index (χ2n) is 6.03. The molecule has 1 saturated carbocycles. The van der Waals surface area contributed by atoms with Crippen molar-refractivity contribution in [2.45, 2.75) is 30.3 Å². The molecule has 5 nitrogen and oxygen atoms in total. The standard InChI is InChI=1S/C17H20FNO4S2/c1-2-23-15-8-7-13(10-14(15)18)25(21,22)19-11-17(20,12-5-6-12)16-4-3-9-24-16/h3-4,7-10,12,19-20H,2,5-6,11H2,1H3/t17-/m0/s1. The van der Waals surface area contributed by atoms with Crippen LogP contribution in [0.25, 0.3) is 0 Å². The Bertz CT molecular complexity index is 834. The SMILES string of the molecule is CCOc1ccc(S(=O)(=O)NC[C@@](O)(c2cccs2)C2CC2)cc1F. The van der Waals surface area contributed by atoms with Crippen molar-refractivity contribution in [2.24, 2.45) is 5.92 Å². The van der Waals surface area contributed by atoms with E-state index >= 15 is 0 Å². The molecule has 8 heteroatoms. The van der Waals surface area contributed by atoms with E-state index in [0.29, 0.717) is 0 Å². The van der Waals surface area contributed by atoms with Gasteiger partial charge in [0.25, 0.3) is 0 Å². The Morgan fingerprint density at radius 2 is 2.16 bits per heavy atom. The van der Waals surface area contributed by atoms with Gasteiger partial charge in [0.05, 0.1) is 11.5 Å². The first-order valence-corrected chi connectivity index (χ1v) is 10.4. The fraction of sp³-hybridized carbons (Fsp3) is 0.412. The van der Waals surface area contributed by atoms with E-state index in [-0.39, 0.29) is 29.7 Å². The number of rotatable bonds is 8. The van der Waals surface area contributed by atoms with Crippen LogP contribution in [-0.4, -0.2) is 26.7 Å². The molecular formula is C17H20FNO4S2. The van der Waals surface area contributed by atoms with Crippen molar-refractivity contribution in [1.29, 1.82) is 0 Å². The molecule has 1 aliphatic rings. The van der Waals surface area contributed by atoms with E-state index in [4.69, 9.17) is 4.74 Å². The highest BCUT2D eigenvalue weighted by Gasteiger charge is 2.46. The summed E-state index contributed by atoms with van der Waals surface area (Å²) < 4.78 is 46.4. The first kappa shape index (κ1) is 18.3. The Hall–Kier alpha value is -1.48. The quantitative estimate of drug-likeness (QED) is 0.733. The third kappa shape index (κ3) is 3.87. The molecule has 1 aliphatic carbocycles. The largest absolute Gasteiger partial charge is 0.491 e. The summed E-state index contributed by atoms with van der Waals surface area (Å²) in [6.45, 7) is 1.86. The molecule has 0 spiro atoms. The normalized spacial score (nSPS) is 17.2. The van der Waals surface area contributed by atoms with Gasteiger partial charge in [-0.25, -0.2) is 17.5 Å². The summed E-state index contributed by atoms with van der Waals surface area (Å²) in [6.07, 6.45) is 1.71. The van der Waals surface area contributed by atoms with Crippen LogP contribution < -0.4 is 9.46 Å². The van der Waals surface area contributed by atoms with Crippen molar-refractivity contribution in [1.82, 2.24) is 4.72 Å². The first-order valence-electron chi connectivity index (χ1n) is 8.05. The van der Waals surface area contributed by atoms with Gasteiger partial charge in [-0.3, -0.25) is 0 Å². The van der Waals surface area contributed by atoms with Crippen molar-refractivity contribution in [2.75, 3.05) is 13.2 Å². The van der Waals surface area contributed by atoms with Crippen molar-refractivity contribution in [3.63, 3.8) is 0 Å². The molecule has 0 amide bonds. The molecule has 1 atom stereocenters. The fourth-order valence-corrected chi connectivity index (χ4v) is 4.71. The smallest absolute Gasteiger partial charge is 0.240 e. The van der Waals surface area contributed by atoms with Crippen LogP contribution in [0.15, 0.2) is 40.6 Å². The van der Waals surface area contributed by atoms with Crippen LogP contribution in [0.5, 0.6) is 5.75 Å². The minimum absolute atomic E-state index is 0.00882. The van der Waals surface area contributed by atoms with Crippen LogP contribution in [-0.2, 0) is 15.6 Å². The van der Waals surface area contributed by atoms with Gasteiger partial charge >= 0.3 is 0 Å². The van der Waals surface area contributed by atoms with E-state index in [1.54, 1.807) is 13.0 Å². The molecule has 1 heterocycles. The summed E-state index contributed by atoms with van der Waals surface area (Å²) in [4.78, 5) is 0.536. The van der Waals surface area contributed by atoms with Crippen molar-refractivity contribution < 1.29 is 22.7 Å². The van der Waals surface area contributed by atoms with Crippen LogP contribution in [0, 0.1) is 11.7 Å². The lowest BCUT2D eigenvalue weighted by Gasteiger charge is -2.27. The van der Waals surface area contributed by atoms with Crippen LogP contribution >= 0.6 is 11.3 Å². The Kier molecular flexibility index (Phi) is 5.15. The predicted molar refractivity (Wildman–Crippen MR) is 93.7 cm³/mol. The van der Waals surface area contributed by atoms with Crippen molar-refractivity contribution in [3.05, 3.63) is 46.4 Å². The molecule has 0 aliphatic heterocycles. The maximum Gasteiger partial charge on any atom is 0.240 e. The molecule has 2 aromatic rings. The van der Waals surface area contributed by atoms with Gasteiger partial charge in [0.2, 0.25) is 10.0 Å². The van der Waals surface area contributed by atoms with Crippen LogP contribution in [0.3, 0.4) is 0 Å². The van der Waals surface area contributed by atoms with Gasteiger partial charge in [-0.05, 0) is 55.3 Å². The minimum Gasteiger partial charge on any atom is -0.491 e. The lowest BCUT2D eigenvalue weighted by atomic mass is 9.96. The van der Waals surface area contributed by atoms with E-state index in [2.05, 4.69) is 4.72 Å².